The lowest BCUT2D eigenvalue weighted by Gasteiger charge is -2.18. The van der Waals surface area contributed by atoms with Crippen LogP contribution >= 0.6 is 15.9 Å². The Balaban J connectivity index is 1.72. The van der Waals surface area contributed by atoms with Gasteiger partial charge in [0.15, 0.2) is 0 Å². The molecular weight excluding hydrogens is 410 g/mol. The largest absolute Gasteiger partial charge is 0.361 e. The number of hydrogen-bond donors (Lipinski definition) is 3. The minimum atomic E-state index is -0.416. The van der Waals surface area contributed by atoms with Gasteiger partial charge < -0.3 is 10.2 Å². The lowest BCUT2D eigenvalue weighted by atomic mass is 9.95. The minimum Gasteiger partial charge on any atom is -0.361 e. The van der Waals surface area contributed by atoms with Crippen molar-refractivity contribution >= 4 is 39.0 Å². The number of amides is 2. The molecule has 0 fully saturated rings. The second-order valence-corrected chi connectivity index (χ2v) is 6.99. The van der Waals surface area contributed by atoms with E-state index in [1.54, 1.807) is 31.5 Å². The molecule has 2 amide bonds. The van der Waals surface area contributed by atoms with Gasteiger partial charge in [-0.05, 0) is 48.7 Å². The van der Waals surface area contributed by atoms with Crippen molar-refractivity contribution < 1.29 is 14.4 Å². The molecule has 0 saturated heterocycles. The van der Waals surface area contributed by atoms with E-state index in [2.05, 4.69) is 32.0 Å². The number of carbonyl (C=O) groups excluding carboxylic acids is 2. The van der Waals surface area contributed by atoms with E-state index >= 15 is 0 Å². The van der Waals surface area contributed by atoms with Crippen LogP contribution in [0.5, 0.6) is 0 Å². The van der Waals surface area contributed by atoms with Crippen molar-refractivity contribution in [3.05, 3.63) is 69.8 Å². The predicted molar refractivity (Wildman–Crippen MR) is 108 cm³/mol. The second kappa shape index (κ2) is 8.94. The second-order valence-electron chi connectivity index (χ2n) is 6.07. The molecule has 0 radical (unpaired) electrons. The van der Waals surface area contributed by atoms with E-state index in [-0.39, 0.29) is 5.91 Å². The van der Waals surface area contributed by atoms with Gasteiger partial charge in [0.2, 0.25) is 0 Å². The Morgan fingerprint density at radius 3 is 2.59 bits per heavy atom. The summed E-state index contributed by atoms with van der Waals surface area (Å²) in [7, 11) is 1.61. The Kier molecular flexibility index (Phi) is 6.39. The van der Waals surface area contributed by atoms with Crippen LogP contribution in [0.1, 0.15) is 27.9 Å². The molecule has 0 saturated carbocycles. The highest BCUT2D eigenvalue weighted by Crippen LogP contribution is 2.27. The molecule has 3 N–H and O–H groups in total. The summed E-state index contributed by atoms with van der Waals surface area (Å²) in [4.78, 5) is 29.1. The number of anilines is 1. The van der Waals surface area contributed by atoms with E-state index in [0.717, 1.165) is 29.5 Å². The highest BCUT2D eigenvalue weighted by atomic mass is 79.9. The van der Waals surface area contributed by atoms with Gasteiger partial charge >= 0.3 is 0 Å². The van der Waals surface area contributed by atoms with Gasteiger partial charge in [0.05, 0.1) is 12.7 Å². The number of hydroxylamine groups is 1. The van der Waals surface area contributed by atoms with Gasteiger partial charge in [0.25, 0.3) is 11.8 Å². The van der Waals surface area contributed by atoms with Crippen LogP contribution in [0.4, 0.5) is 5.69 Å². The summed E-state index contributed by atoms with van der Waals surface area (Å²) < 4.78 is 0.807. The average Bonchev–Trinajstić information content (AvgIpc) is 2.66. The molecule has 0 bridgehead atoms. The third-order valence-electron chi connectivity index (χ3n) is 4.21. The van der Waals surface area contributed by atoms with Gasteiger partial charge in [-0.2, -0.15) is 0 Å². The highest BCUT2D eigenvalue weighted by molar-refractivity contribution is 9.10. The van der Waals surface area contributed by atoms with Crippen LogP contribution in [0.25, 0.3) is 5.57 Å². The summed E-state index contributed by atoms with van der Waals surface area (Å²) in [5.41, 5.74) is 6.41. The molecule has 140 valence electrons. The van der Waals surface area contributed by atoms with Crippen molar-refractivity contribution in [2.24, 2.45) is 0 Å². The maximum absolute atomic E-state index is 12.3. The summed E-state index contributed by atoms with van der Waals surface area (Å²) >= 11 is 3.39. The fraction of sp³-hybridized carbons (Fsp3) is 0.200. The van der Waals surface area contributed by atoms with Gasteiger partial charge in [0, 0.05) is 34.0 Å². The minimum absolute atomic E-state index is 0.382. The van der Waals surface area contributed by atoms with Crippen molar-refractivity contribution in [1.82, 2.24) is 10.8 Å². The van der Waals surface area contributed by atoms with Crippen LogP contribution in [0, 0.1) is 0 Å². The molecule has 7 heteroatoms. The smallest absolute Gasteiger partial charge is 0.260 e. The average molecular weight is 430 g/mol. The van der Waals surface area contributed by atoms with Crippen LogP contribution in [0.2, 0.25) is 0 Å². The molecule has 3 rings (SSSR count). The zero-order valence-electron chi connectivity index (χ0n) is 14.8. The van der Waals surface area contributed by atoms with Crippen LogP contribution in [0.15, 0.2) is 53.1 Å². The van der Waals surface area contributed by atoms with E-state index in [1.165, 1.54) is 5.56 Å². The van der Waals surface area contributed by atoms with Crippen molar-refractivity contribution in [1.29, 1.82) is 0 Å². The Hall–Kier alpha value is -2.48. The molecule has 0 atom stereocenters. The number of fused-ring (bicyclic) bond motifs is 1. The van der Waals surface area contributed by atoms with Crippen LogP contribution in [-0.4, -0.2) is 25.5 Å². The summed E-state index contributed by atoms with van der Waals surface area (Å²) in [6, 6.07) is 13.3. The monoisotopic (exact) mass is 429 g/mol. The first-order valence-electron chi connectivity index (χ1n) is 8.55. The molecule has 0 aliphatic carbocycles. The predicted octanol–water partition coefficient (Wildman–Crippen LogP) is 3.26. The van der Waals surface area contributed by atoms with E-state index in [0.29, 0.717) is 16.7 Å². The first-order chi connectivity index (χ1) is 13.1. The molecule has 0 spiro atoms. The van der Waals surface area contributed by atoms with Crippen molar-refractivity contribution in [3.8, 4) is 0 Å². The fourth-order valence-corrected chi connectivity index (χ4v) is 3.19. The number of carbonyl (C=O) groups is 2. The van der Waals surface area contributed by atoms with Crippen molar-refractivity contribution in [3.63, 3.8) is 0 Å². The topological polar surface area (TPSA) is 79.5 Å². The van der Waals surface area contributed by atoms with E-state index in [4.69, 9.17) is 4.84 Å². The number of hydrogen-bond acceptors (Lipinski definition) is 5. The number of rotatable bonds is 7. The number of halogens is 1. The molecule has 2 aromatic rings. The SMILES string of the molecule is CONCCCc1ccc(NC=C2C(=O)NC(=O)c3ccc(Br)cc32)cc1. The molecular formula is C20H20BrN3O3. The summed E-state index contributed by atoms with van der Waals surface area (Å²) in [6.45, 7) is 0.797. The van der Waals surface area contributed by atoms with Crippen LogP contribution in [0.3, 0.4) is 0 Å². The van der Waals surface area contributed by atoms with Crippen LogP contribution < -0.4 is 16.1 Å². The van der Waals surface area contributed by atoms with Crippen molar-refractivity contribution in [2.75, 3.05) is 19.0 Å². The lowest BCUT2D eigenvalue weighted by molar-refractivity contribution is -0.114. The molecule has 1 heterocycles. The van der Waals surface area contributed by atoms with E-state index in [9.17, 15) is 9.59 Å². The molecule has 1 aliphatic heterocycles. The maximum Gasteiger partial charge on any atom is 0.260 e. The molecule has 2 aromatic carbocycles. The summed E-state index contributed by atoms with van der Waals surface area (Å²) in [5, 5.41) is 5.51. The molecule has 0 aromatic heterocycles. The first kappa shape index (κ1) is 19.3. The van der Waals surface area contributed by atoms with Crippen LogP contribution in [-0.2, 0) is 16.1 Å². The molecule has 0 unspecified atom stereocenters. The van der Waals surface area contributed by atoms with E-state index < -0.39 is 5.91 Å². The number of benzene rings is 2. The third kappa shape index (κ3) is 4.82. The third-order valence-corrected chi connectivity index (χ3v) is 4.71. The first-order valence-corrected chi connectivity index (χ1v) is 9.35. The van der Waals surface area contributed by atoms with Gasteiger partial charge in [0.1, 0.15) is 0 Å². The van der Waals surface area contributed by atoms with Gasteiger partial charge in [-0.15, -0.1) is 0 Å². The van der Waals surface area contributed by atoms with Gasteiger partial charge in [-0.3, -0.25) is 14.9 Å². The zero-order chi connectivity index (χ0) is 19.2. The van der Waals surface area contributed by atoms with Gasteiger partial charge in [-0.1, -0.05) is 28.1 Å². The maximum atomic E-state index is 12.3. The molecule has 6 nitrogen and oxygen atoms in total. The van der Waals surface area contributed by atoms with Crippen molar-refractivity contribution in [2.45, 2.75) is 12.8 Å². The highest BCUT2D eigenvalue weighted by Gasteiger charge is 2.27. The van der Waals surface area contributed by atoms with E-state index in [1.807, 2.05) is 24.3 Å². The Morgan fingerprint density at radius 1 is 1.07 bits per heavy atom. The van der Waals surface area contributed by atoms with Gasteiger partial charge in [-0.25, -0.2) is 5.48 Å². The lowest BCUT2D eigenvalue weighted by Crippen LogP contribution is -2.36. The zero-order valence-corrected chi connectivity index (χ0v) is 16.4. The number of imide groups is 1. The molecule has 1 aliphatic rings. The Labute approximate surface area is 166 Å². The summed E-state index contributed by atoms with van der Waals surface area (Å²) in [5.74, 6) is -0.799. The quantitative estimate of drug-likeness (QED) is 0.272. The summed E-state index contributed by atoms with van der Waals surface area (Å²) in [6.07, 6.45) is 3.55. The number of nitrogens with one attached hydrogen (secondary N) is 3. The Bertz CT molecular complexity index is 879. The molecule has 27 heavy (non-hydrogen) atoms. The number of aryl methyl sites for hydroxylation is 1. The fourth-order valence-electron chi connectivity index (χ4n) is 2.83. The standard InChI is InChI=1S/C20H20BrN3O3/c1-27-23-10-2-3-13-4-7-15(8-5-13)22-12-18-17-11-14(21)6-9-16(17)19(25)24-20(18)26/h4-9,11-12,22-23H,2-3,10H2,1H3,(H,24,25,26). The normalized spacial score (nSPS) is 14.8. The Morgan fingerprint density at radius 2 is 1.85 bits per heavy atom.